The number of anilines is 1. The van der Waals surface area contributed by atoms with Crippen molar-refractivity contribution in [1.82, 2.24) is 5.32 Å². The van der Waals surface area contributed by atoms with Gasteiger partial charge in [0.05, 0.1) is 19.3 Å². The molecule has 0 bridgehead atoms. The number of nitrogens with one attached hydrogen (secondary N) is 1. The second-order valence-corrected chi connectivity index (χ2v) is 5.31. The lowest BCUT2D eigenvalue weighted by Crippen LogP contribution is -2.50. The molecule has 0 radical (unpaired) electrons. The van der Waals surface area contributed by atoms with Crippen molar-refractivity contribution in [2.24, 2.45) is 0 Å². The highest BCUT2D eigenvalue weighted by Gasteiger charge is 2.27. The molecule has 1 aromatic carbocycles. The molecule has 4 nitrogen and oxygen atoms in total. The van der Waals surface area contributed by atoms with Gasteiger partial charge in [0.15, 0.2) is 0 Å². The van der Waals surface area contributed by atoms with E-state index in [4.69, 9.17) is 16.3 Å². The summed E-state index contributed by atoms with van der Waals surface area (Å²) in [5.41, 5.74) is 2.22. The van der Waals surface area contributed by atoms with Gasteiger partial charge in [0, 0.05) is 35.4 Å². The third-order valence-electron chi connectivity index (χ3n) is 3.47. The molecule has 0 aliphatic carbocycles. The van der Waals surface area contributed by atoms with Crippen molar-refractivity contribution in [3.05, 3.63) is 28.8 Å². The fourth-order valence-corrected chi connectivity index (χ4v) is 2.67. The molecule has 2 rings (SSSR count). The molecular weight excluding hydrogens is 264 g/mol. The van der Waals surface area contributed by atoms with Crippen LogP contribution in [0.2, 0.25) is 5.02 Å². The van der Waals surface area contributed by atoms with Gasteiger partial charge in [0.2, 0.25) is 0 Å². The van der Waals surface area contributed by atoms with Gasteiger partial charge in [0.1, 0.15) is 0 Å². The summed E-state index contributed by atoms with van der Waals surface area (Å²) in [5.74, 6) is 0. The first-order valence-electron chi connectivity index (χ1n) is 6.58. The summed E-state index contributed by atoms with van der Waals surface area (Å²) in [4.78, 5) is 2.27. The quantitative estimate of drug-likeness (QED) is 0.882. The molecular formula is C14H21ClN2O2. The Balaban J connectivity index is 2.31. The molecule has 0 saturated carbocycles. The topological polar surface area (TPSA) is 44.7 Å². The molecule has 2 N–H and O–H groups in total. The van der Waals surface area contributed by atoms with Crippen LogP contribution in [0.4, 0.5) is 5.69 Å². The Hall–Kier alpha value is -0.810. The predicted octanol–water partition coefficient (Wildman–Crippen LogP) is 1.65. The first kappa shape index (κ1) is 14.6. The number of halogens is 1. The number of rotatable bonds is 4. The third kappa shape index (κ3) is 3.20. The zero-order chi connectivity index (χ0) is 13.8. The van der Waals surface area contributed by atoms with Crippen LogP contribution in [0.25, 0.3) is 0 Å². The standard InChI is InChI=1S/C14H21ClN2O2/c1-10-9-19-11(8-18)7-17(10)14-5-3-4-13(15)12(14)6-16-2/h3-5,10-11,16,18H,6-9H2,1-2H3. The zero-order valence-electron chi connectivity index (χ0n) is 11.4. The third-order valence-corrected chi connectivity index (χ3v) is 3.82. The molecule has 1 heterocycles. The van der Waals surface area contributed by atoms with Gasteiger partial charge < -0.3 is 20.1 Å². The molecule has 0 amide bonds. The number of benzene rings is 1. The first-order chi connectivity index (χ1) is 9.17. The SMILES string of the molecule is CNCc1c(Cl)cccc1N1CC(CO)OCC1C. The van der Waals surface area contributed by atoms with E-state index in [1.807, 2.05) is 19.2 Å². The summed E-state index contributed by atoms with van der Waals surface area (Å²) in [5, 5.41) is 13.2. The fraction of sp³-hybridized carbons (Fsp3) is 0.571. The van der Waals surface area contributed by atoms with Crippen LogP contribution in [0.1, 0.15) is 12.5 Å². The van der Waals surface area contributed by atoms with Gasteiger partial charge in [-0.2, -0.15) is 0 Å². The van der Waals surface area contributed by atoms with Crippen LogP contribution in [0.3, 0.4) is 0 Å². The summed E-state index contributed by atoms with van der Waals surface area (Å²) in [6.45, 7) is 4.21. The zero-order valence-corrected chi connectivity index (χ0v) is 12.2. The Kier molecular flexibility index (Phi) is 5.05. The van der Waals surface area contributed by atoms with Crippen LogP contribution in [0.5, 0.6) is 0 Å². The maximum Gasteiger partial charge on any atom is 0.0981 e. The summed E-state index contributed by atoms with van der Waals surface area (Å²) < 4.78 is 5.58. The maximum atomic E-state index is 9.28. The van der Waals surface area contributed by atoms with E-state index >= 15 is 0 Å². The van der Waals surface area contributed by atoms with E-state index in [0.29, 0.717) is 13.2 Å². The lowest BCUT2D eigenvalue weighted by molar-refractivity contribution is -0.0103. The molecule has 0 aromatic heterocycles. The number of hydrogen-bond acceptors (Lipinski definition) is 4. The van der Waals surface area contributed by atoms with Gasteiger partial charge in [-0.1, -0.05) is 17.7 Å². The predicted molar refractivity (Wildman–Crippen MR) is 77.8 cm³/mol. The number of aliphatic hydroxyl groups is 1. The number of aliphatic hydroxyl groups excluding tert-OH is 1. The largest absolute Gasteiger partial charge is 0.394 e. The average Bonchev–Trinajstić information content (AvgIpc) is 2.42. The highest BCUT2D eigenvalue weighted by Crippen LogP contribution is 2.30. The Morgan fingerprint density at radius 1 is 1.53 bits per heavy atom. The van der Waals surface area contributed by atoms with Crippen molar-refractivity contribution >= 4 is 17.3 Å². The van der Waals surface area contributed by atoms with Crippen molar-refractivity contribution in [3.63, 3.8) is 0 Å². The van der Waals surface area contributed by atoms with Gasteiger partial charge in [-0.05, 0) is 26.1 Å². The van der Waals surface area contributed by atoms with E-state index in [1.54, 1.807) is 0 Å². The molecule has 1 fully saturated rings. The van der Waals surface area contributed by atoms with E-state index in [9.17, 15) is 5.11 Å². The minimum atomic E-state index is -0.127. The summed E-state index contributed by atoms with van der Waals surface area (Å²) >= 11 is 6.30. The Labute approximate surface area is 119 Å². The molecule has 1 aliphatic rings. The first-order valence-corrected chi connectivity index (χ1v) is 6.96. The van der Waals surface area contributed by atoms with Crippen molar-refractivity contribution in [1.29, 1.82) is 0 Å². The van der Waals surface area contributed by atoms with E-state index in [0.717, 1.165) is 22.8 Å². The highest BCUT2D eigenvalue weighted by molar-refractivity contribution is 6.31. The Bertz CT molecular complexity index is 428. The molecule has 5 heteroatoms. The lowest BCUT2D eigenvalue weighted by Gasteiger charge is -2.40. The van der Waals surface area contributed by atoms with E-state index in [2.05, 4.69) is 23.2 Å². The summed E-state index contributed by atoms with van der Waals surface area (Å²) in [6.07, 6.45) is -0.127. The number of hydrogen-bond donors (Lipinski definition) is 2. The molecule has 106 valence electrons. The molecule has 1 saturated heterocycles. The normalized spacial score (nSPS) is 23.7. The van der Waals surface area contributed by atoms with Gasteiger partial charge >= 0.3 is 0 Å². The molecule has 1 aliphatic heterocycles. The molecule has 1 aromatic rings. The van der Waals surface area contributed by atoms with Gasteiger partial charge in [-0.15, -0.1) is 0 Å². The summed E-state index contributed by atoms with van der Waals surface area (Å²) in [6, 6.07) is 6.23. The molecule has 2 atom stereocenters. The summed E-state index contributed by atoms with van der Waals surface area (Å²) in [7, 11) is 1.91. The van der Waals surface area contributed by atoms with Crippen LogP contribution >= 0.6 is 11.6 Å². The van der Waals surface area contributed by atoms with Crippen LogP contribution in [-0.4, -0.2) is 44.1 Å². The van der Waals surface area contributed by atoms with Crippen LogP contribution in [0.15, 0.2) is 18.2 Å². The van der Waals surface area contributed by atoms with E-state index < -0.39 is 0 Å². The average molecular weight is 285 g/mol. The minimum Gasteiger partial charge on any atom is -0.394 e. The van der Waals surface area contributed by atoms with Crippen molar-refractivity contribution in [3.8, 4) is 0 Å². The van der Waals surface area contributed by atoms with Gasteiger partial charge in [-0.25, -0.2) is 0 Å². The van der Waals surface area contributed by atoms with Crippen molar-refractivity contribution < 1.29 is 9.84 Å². The smallest absolute Gasteiger partial charge is 0.0981 e. The monoisotopic (exact) mass is 284 g/mol. The lowest BCUT2D eigenvalue weighted by atomic mass is 10.1. The van der Waals surface area contributed by atoms with Crippen LogP contribution in [0, 0.1) is 0 Å². The minimum absolute atomic E-state index is 0.0468. The molecule has 19 heavy (non-hydrogen) atoms. The second-order valence-electron chi connectivity index (χ2n) is 4.91. The van der Waals surface area contributed by atoms with Crippen LogP contribution in [-0.2, 0) is 11.3 Å². The Morgan fingerprint density at radius 2 is 2.32 bits per heavy atom. The van der Waals surface area contributed by atoms with Crippen LogP contribution < -0.4 is 10.2 Å². The molecule has 0 spiro atoms. The highest BCUT2D eigenvalue weighted by atomic mass is 35.5. The number of ether oxygens (including phenoxy) is 1. The van der Waals surface area contributed by atoms with Crippen molar-refractivity contribution in [2.75, 3.05) is 31.7 Å². The second kappa shape index (κ2) is 6.57. The van der Waals surface area contributed by atoms with Gasteiger partial charge in [0.25, 0.3) is 0 Å². The van der Waals surface area contributed by atoms with Crippen molar-refractivity contribution in [2.45, 2.75) is 25.6 Å². The van der Waals surface area contributed by atoms with Gasteiger partial charge in [-0.3, -0.25) is 0 Å². The van der Waals surface area contributed by atoms with E-state index in [-0.39, 0.29) is 18.8 Å². The molecule has 2 unspecified atom stereocenters. The van der Waals surface area contributed by atoms with E-state index in [1.165, 1.54) is 0 Å². The fourth-order valence-electron chi connectivity index (χ4n) is 2.43. The Morgan fingerprint density at radius 3 is 3.00 bits per heavy atom. The number of nitrogens with zero attached hydrogens (tertiary/aromatic N) is 1. The maximum absolute atomic E-state index is 9.28. The number of morpholine rings is 1.